The smallest absolute Gasteiger partial charge is 0.161 e. The number of phenols is 1. The van der Waals surface area contributed by atoms with Crippen molar-refractivity contribution in [3.05, 3.63) is 53.1 Å². The van der Waals surface area contributed by atoms with Gasteiger partial charge in [0.1, 0.15) is 5.75 Å². The van der Waals surface area contributed by atoms with Crippen molar-refractivity contribution < 1.29 is 14.6 Å². The molecule has 0 radical (unpaired) electrons. The van der Waals surface area contributed by atoms with Crippen molar-refractivity contribution in [2.75, 3.05) is 20.8 Å². The van der Waals surface area contributed by atoms with Crippen LogP contribution in [0.3, 0.4) is 0 Å². The van der Waals surface area contributed by atoms with Gasteiger partial charge in [0, 0.05) is 19.1 Å². The summed E-state index contributed by atoms with van der Waals surface area (Å²) in [6, 6.07) is 12.3. The first kappa shape index (κ1) is 17.6. The number of phenolic OH excluding ortho intramolecular Hbond substituents is 1. The van der Waals surface area contributed by atoms with Crippen LogP contribution in [0.2, 0.25) is 0 Å². The summed E-state index contributed by atoms with van der Waals surface area (Å²) in [6.07, 6.45) is 3.17. The minimum absolute atomic E-state index is 0.328. The highest BCUT2D eigenvalue weighted by atomic mass is 16.5. The molecule has 3 rings (SSSR count). The Morgan fingerprint density at radius 3 is 2.32 bits per heavy atom. The van der Waals surface area contributed by atoms with Crippen LogP contribution in [0.25, 0.3) is 0 Å². The van der Waals surface area contributed by atoms with Crippen LogP contribution in [-0.4, -0.2) is 36.8 Å². The van der Waals surface area contributed by atoms with Crippen molar-refractivity contribution in [1.82, 2.24) is 4.90 Å². The molecule has 0 spiro atoms. The van der Waals surface area contributed by atoms with Crippen LogP contribution in [0.1, 0.15) is 30.0 Å². The molecule has 0 unspecified atom stereocenters. The fraction of sp³-hybridized carbons (Fsp3) is 0.429. The van der Waals surface area contributed by atoms with Gasteiger partial charge in [0.15, 0.2) is 11.5 Å². The zero-order valence-corrected chi connectivity index (χ0v) is 15.3. The first-order valence-electron chi connectivity index (χ1n) is 8.86. The maximum atomic E-state index is 9.38. The summed E-state index contributed by atoms with van der Waals surface area (Å²) in [5, 5.41) is 9.38. The van der Waals surface area contributed by atoms with Gasteiger partial charge in [-0.2, -0.15) is 0 Å². The number of hydrogen-bond acceptors (Lipinski definition) is 4. The van der Waals surface area contributed by atoms with E-state index in [0.717, 1.165) is 43.9 Å². The molecule has 2 aromatic carbocycles. The fourth-order valence-corrected chi connectivity index (χ4v) is 3.50. The average Bonchev–Trinajstić information content (AvgIpc) is 2.65. The Balaban J connectivity index is 1.64. The number of ether oxygens (including phenoxy) is 2. The van der Waals surface area contributed by atoms with Gasteiger partial charge in [-0.15, -0.1) is 0 Å². The molecule has 1 aliphatic heterocycles. The van der Waals surface area contributed by atoms with Crippen LogP contribution in [0.15, 0.2) is 36.4 Å². The molecule has 134 valence electrons. The van der Waals surface area contributed by atoms with Gasteiger partial charge in [0.25, 0.3) is 0 Å². The van der Waals surface area contributed by atoms with Gasteiger partial charge in [0.05, 0.1) is 14.2 Å². The Morgan fingerprint density at radius 1 is 1.04 bits per heavy atom. The predicted octanol–water partition coefficient (Wildman–Crippen LogP) is 3.79. The molecule has 25 heavy (non-hydrogen) atoms. The Labute approximate surface area is 150 Å². The van der Waals surface area contributed by atoms with E-state index in [1.165, 1.54) is 16.7 Å². The van der Waals surface area contributed by atoms with Crippen molar-refractivity contribution in [2.24, 2.45) is 0 Å². The fourth-order valence-electron chi connectivity index (χ4n) is 3.50. The average molecular weight is 341 g/mol. The van der Waals surface area contributed by atoms with Crippen LogP contribution in [0.4, 0.5) is 0 Å². The monoisotopic (exact) mass is 341 g/mol. The number of aromatic hydroxyl groups is 1. The molecular weight excluding hydrogens is 314 g/mol. The maximum Gasteiger partial charge on any atom is 0.161 e. The van der Waals surface area contributed by atoms with Gasteiger partial charge < -0.3 is 14.6 Å². The molecule has 0 saturated carbocycles. The molecule has 0 amide bonds. The van der Waals surface area contributed by atoms with Gasteiger partial charge >= 0.3 is 0 Å². The second kappa shape index (κ2) is 7.79. The summed E-state index contributed by atoms with van der Waals surface area (Å²) in [4.78, 5) is 2.54. The largest absolute Gasteiger partial charge is 0.508 e. The number of benzene rings is 2. The Kier molecular flexibility index (Phi) is 5.49. The van der Waals surface area contributed by atoms with Crippen LogP contribution in [0, 0.1) is 0 Å². The molecule has 1 heterocycles. The lowest BCUT2D eigenvalue weighted by Gasteiger charge is -2.34. The minimum Gasteiger partial charge on any atom is -0.508 e. The topological polar surface area (TPSA) is 41.9 Å². The Bertz CT molecular complexity index is 712. The van der Waals surface area contributed by atoms with Crippen molar-refractivity contribution in [2.45, 2.75) is 38.8 Å². The van der Waals surface area contributed by atoms with E-state index in [-0.39, 0.29) is 0 Å². The van der Waals surface area contributed by atoms with Crippen molar-refractivity contribution in [1.29, 1.82) is 0 Å². The second-order valence-corrected chi connectivity index (χ2v) is 6.75. The van der Waals surface area contributed by atoms with Crippen molar-refractivity contribution >= 4 is 0 Å². The first-order valence-corrected chi connectivity index (χ1v) is 8.86. The molecular formula is C21H27NO3. The third-order valence-electron chi connectivity index (χ3n) is 5.16. The number of rotatable bonds is 6. The Morgan fingerprint density at radius 2 is 1.68 bits per heavy atom. The van der Waals surface area contributed by atoms with Gasteiger partial charge in [-0.05, 0) is 67.1 Å². The third-order valence-corrected chi connectivity index (χ3v) is 5.16. The molecule has 0 aromatic heterocycles. The normalized spacial score (nSPS) is 15.5. The zero-order chi connectivity index (χ0) is 17.8. The number of nitrogens with zero attached hydrogens (tertiary/aromatic N) is 1. The molecule has 4 nitrogen and oxygen atoms in total. The van der Waals surface area contributed by atoms with Crippen LogP contribution in [0.5, 0.6) is 17.2 Å². The van der Waals surface area contributed by atoms with E-state index in [2.05, 4.69) is 24.0 Å². The lowest BCUT2D eigenvalue weighted by molar-refractivity contribution is 0.181. The molecule has 1 N–H and O–H groups in total. The minimum atomic E-state index is 0.328. The van der Waals surface area contributed by atoms with Gasteiger partial charge in [-0.25, -0.2) is 0 Å². The van der Waals surface area contributed by atoms with Crippen LogP contribution in [-0.2, 0) is 19.4 Å². The van der Waals surface area contributed by atoms with E-state index < -0.39 is 0 Å². The summed E-state index contributed by atoms with van der Waals surface area (Å²) in [7, 11) is 3.37. The third kappa shape index (κ3) is 4.07. The van der Waals surface area contributed by atoms with E-state index in [1.54, 1.807) is 26.4 Å². The quantitative estimate of drug-likeness (QED) is 0.868. The summed E-state index contributed by atoms with van der Waals surface area (Å²) in [5.74, 6) is 1.95. The number of methoxy groups -OCH3 is 2. The highest BCUT2D eigenvalue weighted by Gasteiger charge is 2.22. The summed E-state index contributed by atoms with van der Waals surface area (Å²) < 4.78 is 10.9. The van der Waals surface area contributed by atoms with Crippen LogP contribution < -0.4 is 9.47 Å². The second-order valence-electron chi connectivity index (χ2n) is 6.75. The zero-order valence-electron chi connectivity index (χ0n) is 15.3. The highest BCUT2D eigenvalue weighted by Crippen LogP contribution is 2.33. The molecule has 2 aromatic rings. The summed E-state index contributed by atoms with van der Waals surface area (Å²) in [5.41, 5.74) is 3.97. The van der Waals surface area contributed by atoms with Crippen LogP contribution >= 0.6 is 0 Å². The molecule has 1 aliphatic rings. The van der Waals surface area contributed by atoms with Gasteiger partial charge in [-0.3, -0.25) is 4.90 Å². The maximum absolute atomic E-state index is 9.38. The highest BCUT2D eigenvalue weighted by molar-refractivity contribution is 5.48. The number of hydrogen-bond donors (Lipinski definition) is 1. The van der Waals surface area contributed by atoms with Crippen molar-refractivity contribution in [3.63, 3.8) is 0 Å². The SMILES string of the molecule is COc1cc2c(cc1OC)CN([C@H](C)CCc1ccc(O)cc1)CC2. The lowest BCUT2D eigenvalue weighted by Crippen LogP contribution is -2.37. The number of aryl methyl sites for hydroxylation is 1. The summed E-state index contributed by atoms with van der Waals surface area (Å²) >= 11 is 0. The molecule has 0 aliphatic carbocycles. The van der Waals surface area contributed by atoms with Crippen molar-refractivity contribution in [3.8, 4) is 17.2 Å². The van der Waals surface area contributed by atoms with Gasteiger partial charge in [-0.1, -0.05) is 12.1 Å². The standard InChI is InChI=1S/C21H27NO3/c1-15(4-5-16-6-8-19(23)9-7-16)22-11-10-17-12-20(24-2)21(25-3)13-18(17)14-22/h6-9,12-13,15,23H,4-5,10-11,14H2,1-3H3/t15-/m1/s1. The van der Waals surface area contributed by atoms with E-state index in [0.29, 0.717) is 11.8 Å². The number of fused-ring (bicyclic) bond motifs is 1. The van der Waals surface area contributed by atoms with E-state index >= 15 is 0 Å². The molecule has 0 bridgehead atoms. The van der Waals surface area contributed by atoms with Gasteiger partial charge in [0.2, 0.25) is 0 Å². The predicted molar refractivity (Wildman–Crippen MR) is 99.5 cm³/mol. The van der Waals surface area contributed by atoms with E-state index in [1.807, 2.05) is 12.1 Å². The summed E-state index contributed by atoms with van der Waals surface area (Å²) in [6.45, 7) is 4.32. The molecule has 4 heteroatoms. The lowest BCUT2D eigenvalue weighted by atomic mass is 9.96. The molecule has 0 saturated heterocycles. The van der Waals surface area contributed by atoms with E-state index in [4.69, 9.17) is 9.47 Å². The Hall–Kier alpha value is -2.20. The molecule has 0 fully saturated rings. The molecule has 1 atom stereocenters. The first-order chi connectivity index (χ1) is 12.1. The van der Waals surface area contributed by atoms with E-state index in [9.17, 15) is 5.11 Å².